The number of guanidine groups is 1. The number of nitrogens with one attached hydrogen (secondary N) is 2. The number of aliphatic imine (C=N–C) groups is 1. The Balaban J connectivity index is 1.88. The van der Waals surface area contributed by atoms with Crippen molar-refractivity contribution in [3.05, 3.63) is 59.2 Å². The largest absolute Gasteiger partial charge is 0.491 e. The molecule has 2 N–H and O–H groups in total. The molecule has 0 aliphatic carbocycles. The summed E-state index contributed by atoms with van der Waals surface area (Å²) in [7, 11) is 3.24. The highest BCUT2D eigenvalue weighted by atomic mass is 19.4. The third kappa shape index (κ3) is 9.17. The lowest BCUT2D eigenvalue weighted by molar-refractivity contribution is -0.153. The van der Waals surface area contributed by atoms with Crippen LogP contribution in [0.15, 0.2) is 47.5 Å². The Labute approximate surface area is 180 Å². The highest BCUT2D eigenvalue weighted by molar-refractivity contribution is 5.79. The number of halogens is 3. The Morgan fingerprint density at radius 1 is 0.968 bits per heavy atom. The quantitative estimate of drug-likeness (QED) is 0.335. The molecule has 0 aliphatic rings. The molecule has 31 heavy (non-hydrogen) atoms. The average molecular weight is 439 g/mol. The second kappa shape index (κ2) is 12.0. The van der Waals surface area contributed by atoms with Crippen LogP contribution in [0.4, 0.5) is 13.2 Å². The Kier molecular flexibility index (Phi) is 9.45. The van der Waals surface area contributed by atoms with Gasteiger partial charge in [0.15, 0.2) is 12.6 Å². The van der Waals surface area contributed by atoms with E-state index in [1.54, 1.807) is 33.2 Å². The summed E-state index contributed by atoms with van der Waals surface area (Å²) in [5.74, 6) is 1.47. The van der Waals surface area contributed by atoms with E-state index in [9.17, 15) is 13.2 Å². The molecule has 0 bridgehead atoms. The molecule has 0 aromatic heterocycles. The first-order chi connectivity index (χ1) is 14.8. The van der Waals surface area contributed by atoms with Crippen LogP contribution in [0, 0.1) is 6.92 Å². The number of methoxy groups -OCH3 is 1. The molecule has 0 atom stereocenters. The smallest absolute Gasteiger partial charge is 0.422 e. The SMILES string of the molecule is CN=C(NCc1ccc(OCCOC)cc1)NCc1ccc(C)cc1OCC(F)(F)F. The van der Waals surface area contributed by atoms with E-state index in [1.165, 1.54) is 0 Å². The predicted octanol–water partition coefficient (Wildman–Crippen LogP) is 3.83. The zero-order valence-corrected chi connectivity index (χ0v) is 17.9. The van der Waals surface area contributed by atoms with Crippen LogP contribution < -0.4 is 20.1 Å². The van der Waals surface area contributed by atoms with Gasteiger partial charge in [-0.2, -0.15) is 13.2 Å². The molecule has 2 aromatic rings. The van der Waals surface area contributed by atoms with Crippen molar-refractivity contribution >= 4 is 5.96 Å². The van der Waals surface area contributed by atoms with E-state index in [0.29, 0.717) is 31.3 Å². The van der Waals surface area contributed by atoms with Crippen LogP contribution in [0.5, 0.6) is 11.5 Å². The maximum absolute atomic E-state index is 12.5. The van der Waals surface area contributed by atoms with Gasteiger partial charge in [-0.15, -0.1) is 0 Å². The van der Waals surface area contributed by atoms with E-state index in [1.807, 2.05) is 30.3 Å². The minimum atomic E-state index is -4.39. The second-order valence-corrected chi connectivity index (χ2v) is 6.78. The van der Waals surface area contributed by atoms with Crippen LogP contribution in [-0.2, 0) is 17.8 Å². The van der Waals surface area contributed by atoms with Gasteiger partial charge < -0.3 is 24.8 Å². The van der Waals surface area contributed by atoms with Gasteiger partial charge in [0, 0.05) is 32.8 Å². The fraction of sp³-hybridized carbons (Fsp3) is 0.409. The summed E-state index contributed by atoms with van der Waals surface area (Å²) in [4.78, 5) is 4.15. The average Bonchev–Trinajstić information content (AvgIpc) is 2.74. The van der Waals surface area contributed by atoms with Gasteiger partial charge in [-0.25, -0.2) is 0 Å². The number of aryl methyl sites for hydroxylation is 1. The molecule has 0 spiro atoms. The number of rotatable bonds is 10. The Morgan fingerprint density at radius 2 is 1.68 bits per heavy atom. The summed E-state index contributed by atoms with van der Waals surface area (Å²) in [6.45, 7) is 2.25. The summed E-state index contributed by atoms with van der Waals surface area (Å²) in [6.07, 6.45) is -4.39. The van der Waals surface area contributed by atoms with Crippen molar-refractivity contribution in [3.63, 3.8) is 0 Å². The van der Waals surface area contributed by atoms with Gasteiger partial charge >= 0.3 is 6.18 Å². The zero-order chi connectivity index (χ0) is 22.7. The molecule has 0 saturated carbocycles. The Bertz CT molecular complexity index is 840. The van der Waals surface area contributed by atoms with Crippen LogP contribution in [-0.4, -0.2) is 46.1 Å². The molecule has 170 valence electrons. The number of alkyl halides is 3. The third-order valence-electron chi connectivity index (χ3n) is 4.22. The second-order valence-electron chi connectivity index (χ2n) is 6.78. The Hall–Kier alpha value is -2.94. The molecular formula is C22H28F3N3O3. The summed E-state index contributed by atoms with van der Waals surface area (Å²) >= 11 is 0. The highest BCUT2D eigenvalue weighted by Crippen LogP contribution is 2.23. The number of benzene rings is 2. The van der Waals surface area contributed by atoms with Crippen LogP contribution >= 0.6 is 0 Å². The van der Waals surface area contributed by atoms with Gasteiger partial charge in [0.1, 0.15) is 18.1 Å². The van der Waals surface area contributed by atoms with E-state index in [-0.39, 0.29) is 12.3 Å². The van der Waals surface area contributed by atoms with Gasteiger partial charge in [0.25, 0.3) is 0 Å². The molecule has 0 aliphatic heterocycles. The minimum absolute atomic E-state index is 0.198. The van der Waals surface area contributed by atoms with Crippen molar-refractivity contribution in [2.75, 3.05) is 34.0 Å². The first-order valence-corrected chi connectivity index (χ1v) is 9.75. The van der Waals surface area contributed by atoms with Crippen molar-refractivity contribution < 1.29 is 27.4 Å². The molecule has 0 amide bonds. The fourth-order valence-corrected chi connectivity index (χ4v) is 2.63. The van der Waals surface area contributed by atoms with Crippen molar-refractivity contribution in [1.82, 2.24) is 10.6 Å². The molecule has 2 rings (SSSR count). The lowest BCUT2D eigenvalue weighted by Gasteiger charge is -2.16. The van der Waals surface area contributed by atoms with E-state index in [0.717, 1.165) is 16.9 Å². The Morgan fingerprint density at radius 3 is 2.32 bits per heavy atom. The van der Waals surface area contributed by atoms with Crippen molar-refractivity contribution in [1.29, 1.82) is 0 Å². The monoisotopic (exact) mass is 439 g/mol. The lowest BCUT2D eigenvalue weighted by Crippen LogP contribution is -2.36. The first kappa shape index (κ1) is 24.3. The lowest BCUT2D eigenvalue weighted by atomic mass is 10.1. The van der Waals surface area contributed by atoms with Gasteiger partial charge in [-0.3, -0.25) is 4.99 Å². The molecular weight excluding hydrogens is 411 g/mol. The minimum Gasteiger partial charge on any atom is -0.491 e. The maximum Gasteiger partial charge on any atom is 0.422 e. The fourth-order valence-electron chi connectivity index (χ4n) is 2.63. The standard InChI is InChI=1S/C22H28F3N3O3/c1-16-4-7-18(20(12-16)31-15-22(23,24)25)14-28-21(26-2)27-13-17-5-8-19(9-6-17)30-11-10-29-3/h4-9,12H,10-11,13-15H2,1-3H3,(H2,26,27,28). The van der Waals surface area contributed by atoms with Crippen molar-refractivity contribution in [2.24, 2.45) is 4.99 Å². The third-order valence-corrected chi connectivity index (χ3v) is 4.22. The van der Waals surface area contributed by atoms with Gasteiger partial charge in [-0.1, -0.05) is 24.3 Å². The molecule has 0 unspecified atom stereocenters. The van der Waals surface area contributed by atoms with E-state index < -0.39 is 12.8 Å². The molecule has 2 aromatic carbocycles. The molecule has 9 heteroatoms. The number of ether oxygens (including phenoxy) is 3. The molecule has 0 saturated heterocycles. The summed E-state index contributed by atoms with van der Waals surface area (Å²) in [5.41, 5.74) is 2.44. The summed E-state index contributed by atoms with van der Waals surface area (Å²) in [5, 5.41) is 6.27. The molecule has 0 radical (unpaired) electrons. The van der Waals surface area contributed by atoms with Crippen molar-refractivity contribution in [3.8, 4) is 11.5 Å². The van der Waals surface area contributed by atoms with Gasteiger partial charge in [0.2, 0.25) is 0 Å². The van der Waals surface area contributed by atoms with E-state index in [2.05, 4.69) is 15.6 Å². The van der Waals surface area contributed by atoms with Gasteiger partial charge in [-0.05, 0) is 36.2 Å². The molecule has 0 fully saturated rings. The van der Waals surface area contributed by atoms with Crippen LogP contribution in [0.1, 0.15) is 16.7 Å². The molecule has 6 nitrogen and oxygen atoms in total. The van der Waals surface area contributed by atoms with E-state index >= 15 is 0 Å². The predicted molar refractivity (Wildman–Crippen MR) is 114 cm³/mol. The number of hydrogen-bond donors (Lipinski definition) is 2. The van der Waals surface area contributed by atoms with Crippen LogP contribution in [0.2, 0.25) is 0 Å². The molecule has 0 heterocycles. The maximum atomic E-state index is 12.5. The highest BCUT2D eigenvalue weighted by Gasteiger charge is 2.28. The summed E-state index contributed by atoms with van der Waals surface area (Å²) in [6, 6.07) is 12.8. The summed E-state index contributed by atoms with van der Waals surface area (Å²) < 4.78 is 53.0. The van der Waals surface area contributed by atoms with Crippen LogP contribution in [0.25, 0.3) is 0 Å². The number of hydrogen-bond acceptors (Lipinski definition) is 4. The van der Waals surface area contributed by atoms with Crippen molar-refractivity contribution in [2.45, 2.75) is 26.2 Å². The zero-order valence-electron chi connectivity index (χ0n) is 17.9. The normalized spacial score (nSPS) is 11.9. The first-order valence-electron chi connectivity index (χ1n) is 9.75. The van der Waals surface area contributed by atoms with Crippen LogP contribution in [0.3, 0.4) is 0 Å². The van der Waals surface area contributed by atoms with Gasteiger partial charge in [0.05, 0.1) is 6.61 Å². The number of nitrogens with zero attached hydrogens (tertiary/aromatic N) is 1. The van der Waals surface area contributed by atoms with E-state index in [4.69, 9.17) is 14.2 Å². The topological polar surface area (TPSA) is 64.1 Å².